The van der Waals surface area contributed by atoms with Gasteiger partial charge in [0, 0.05) is 56.3 Å². The number of fused-ring (bicyclic) bond motifs is 1. The summed E-state index contributed by atoms with van der Waals surface area (Å²) in [7, 11) is 1.30. The van der Waals surface area contributed by atoms with Crippen LogP contribution in [0.4, 0.5) is 32.4 Å². The van der Waals surface area contributed by atoms with Gasteiger partial charge in [0.1, 0.15) is 6.04 Å². The standard InChI is InChI=1S/C25H21ClF5N7O4/c1-36-16(14-9-38(17-5-24(17,27)28)35-19(14)25(29,30)31)6-32-20(36)22(40)33-10-2-3-11(15(26)4-10)21(39)34-18-12-7-37(23(41)42)8-13(12)18/h2-4,6,9,12-13,17-18H,5,7-8H2,1H3,(H,33,40)(H,34,39)(H,41,42)/t12-,13+,17-,18-/m1/s1. The number of anilines is 1. The fraction of sp³-hybridized carbons (Fsp3) is 0.400. The number of amides is 3. The average Bonchev–Trinajstić information content (AvgIpc) is 3.42. The van der Waals surface area contributed by atoms with Crippen molar-refractivity contribution in [3.8, 4) is 11.3 Å². The van der Waals surface area contributed by atoms with Gasteiger partial charge in [-0.3, -0.25) is 14.3 Å². The summed E-state index contributed by atoms with van der Waals surface area (Å²) in [6, 6.07) is 2.47. The second kappa shape index (κ2) is 9.40. The van der Waals surface area contributed by atoms with Crippen molar-refractivity contribution in [2.45, 2.75) is 30.6 Å². The van der Waals surface area contributed by atoms with Crippen molar-refractivity contribution in [2.75, 3.05) is 18.4 Å². The number of rotatable bonds is 6. The number of aromatic nitrogens is 4. The Balaban J connectivity index is 1.15. The summed E-state index contributed by atoms with van der Waals surface area (Å²) in [5.41, 5.74) is -1.75. The summed E-state index contributed by atoms with van der Waals surface area (Å²) in [6.45, 7) is 0.684. The van der Waals surface area contributed by atoms with Gasteiger partial charge in [0.05, 0.1) is 28.0 Å². The molecule has 222 valence electrons. The fourth-order valence-corrected chi connectivity index (χ4v) is 5.66. The molecule has 2 aromatic heterocycles. The third-order valence-corrected chi connectivity index (χ3v) is 8.13. The number of carboxylic acid groups (broad SMARTS) is 1. The van der Waals surface area contributed by atoms with E-state index in [1.165, 1.54) is 30.1 Å². The Labute approximate surface area is 238 Å². The molecule has 3 aliphatic rings. The molecule has 3 fully saturated rings. The maximum Gasteiger partial charge on any atom is 0.435 e. The molecule has 0 radical (unpaired) electrons. The Morgan fingerprint density at radius 1 is 1.14 bits per heavy atom. The Morgan fingerprint density at radius 2 is 1.81 bits per heavy atom. The van der Waals surface area contributed by atoms with Gasteiger partial charge >= 0.3 is 12.3 Å². The van der Waals surface area contributed by atoms with E-state index in [1.54, 1.807) is 0 Å². The Morgan fingerprint density at radius 3 is 2.38 bits per heavy atom. The molecule has 0 unspecified atom stereocenters. The minimum absolute atomic E-state index is 0.0166. The van der Waals surface area contributed by atoms with E-state index in [0.717, 1.165) is 17.0 Å². The predicted octanol–water partition coefficient (Wildman–Crippen LogP) is 4.13. The summed E-state index contributed by atoms with van der Waals surface area (Å²) in [5, 5.41) is 17.8. The van der Waals surface area contributed by atoms with Crippen LogP contribution < -0.4 is 10.6 Å². The first-order valence-corrected chi connectivity index (χ1v) is 13.0. The molecule has 17 heteroatoms. The van der Waals surface area contributed by atoms with Crippen LogP contribution in [0, 0.1) is 11.8 Å². The molecular weight excluding hydrogens is 593 g/mol. The lowest BCUT2D eigenvalue weighted by Crippen LogP contribution is -2.36. The number of hydrogen-bond donors (Lipinski definition) is 3. The summed E-state index contributed by atoms with van der Waals surface area (Å²) >= 11 is 6.28. The van der Waals surface area contributed by atoms with E-state index in [1.807, 2.05) is 0 Å². The third kappa shape index (κ3) is 4.82. The molecule has 1 aliphatic heterocycles. The van der Waals surface area contributed by atoms with Crippen LogP contribution >= 0.6 is 11.6 Å². The molecule has 11 nitrogen and oxygen atoms in total. The van der Waals surface area contributed by atoms with Gasteiger partial charge < -0.3 is 25.2 Å². The van der Waals surface area contributed by atoms with Crippen LogP contribution in [0.1, 0.15) is 39.1 Å². The first-order valence-electron chi connectivity index (χ1n) is 12.6. The van der Waals surface area contributed by atoms with Crippen LogP contribution in [0.2, 0.25) is 5.02 Å². The molecule has 2 aliphatic carbocycles. The van der Waals surface area contributed by atoms with E-state index in [0.29, 0.717) is 17.8 Å². The van der Waals surface area contributed by atoms with Crippen LogP contribution in [0.5, 0.6) is 0 Å². The van der Waals surface area contributed by atoms with Crippen molar-refractivity contribution < 1.29 is 41.4 Å². The predicted molar refractivity (Wildman–Crippen MR) is 135 cm³/mol. The topological polar surface area (TPSA) is 134 Å². The molecule has 42 heavy (non-hydrogen) atoms. The first kappa shape index (κ1) is 27.9. The molecule has 0 spiro atoms. The number of benzene rings is 1. The van der Waals surface area contributed by atoms with Gasteiger partial charge in [0.15, 0.2) is 11.5 Å². The molecule has 4 atom stereocenters. The zero-order valence-corrected chi connectivity index (χ0v) is 22.2. The summed E-state index contributed by atoms with van der Waals surface area (Å²) < 4.78 is 69.7. The lowest BCUT2D eigenvalue weighted by Gasteiger charge is -2.16. The molecule has 3 aromatic rings. The number of nitrogens with one attached hydrogen (secondary N) is 2. The molecule has 0 bridgehead atoms. The van der Waals surface area contributed by atoms with Gasteiger partial charge in [-0.25, -0.2) is 18.6 Å². The van der Waals surface area contributed by atoms with Crippen LogP contribution in [-0.2, 0) is 13.2 Å². The van der Waals surface area contributed by atoms with E-state index < -0.39 is 53.7 Å². The second-order valence-corrected chi connectivity index (χ2v) is 10.9. The fourth-order valence-electron chi connectivity index (χ4n) is 5.39. The van der Waals surface area contributed by atoms with E-state index in [-0.39, 0.29) is 45.7 Å². The number of piperidine rings is 1. The van der Waals surface area contributed by atoms with E-state index in [9.17, 15) is 36.3 Å². The number of carbonyl (C=O) groups excluding carboxylic acids is 2. The molecule has 1 saturated heterocycles. The quantitative estimate of drug-likeness (QED) is 0.358. The SMILES string of the molecule is Cn1c(-c2cn([C@@H]3CC3(F)F)nc2C(F)(F)F)cnc1C(=O)Nc1ccc(C(=O)N[C@@H]2[C@@H]3CN(C(=O)O)C[C@@H]32)c(Cl)c1. The number of hydrogen-bond acceptors (Lipinski definition) is 5. The third-order valence-electron chi connectivity index (χ3n) is 7.81. The highest BCUT2D eigenvalue weighted by atomic mass is 35.5. The zero-order valence-electron chi connectivity index (χ0n) is 21.5. The number of alkyl halides is 5. The number of carbonyl (C=O) groups is 3. The van der Waals surface area contributed by atoms with Gasteiger partial charge in [-0.1, -0.05) is 11.6 Å². The van der Waals surface area contributed by atoms with Crippen molar-refractivity contribution in [1.29, 1.82) is 0 Å². The van der Waals surface area contributed by atoms with E-state index >= 15 is 0 Å². The maximum absolute atomic E-state index is 13.7. The average molecular weight is 614 g/mol. The lowest BCUT2D eigenvalue weighted by molar-refractivity contribution is -0.141. The first-order chi connectivity index (χ1) is 19.7. The van der Waals surface area contributed by atoms with Gasteiger partial charge in [-0.05, 0) is 18.2 Å². The molecule has 3 heterocycles. The molecule has 2 saturated carbocycles. The van der Waals surface area contributed by atoms with Gasteiger partial charge in [0.2, 0.25) is 0 Å². The van der Waals surface area contributed by atoms with Gasteiger partial charge in [0.25, 0.3) is 17.7 Å². The Hall–Kier alpha value is -4.21. The molecule has 1 aromatic carbocycles. The number of imidazole rings is 1. The summed E-state index contributed by atoms with van der Waals surface area (Å²) in [5.74, 6) is -4.61. The van der Waals surface area contributed by atoms with Crippen LogP contribution in [-0.4, -0.2) is 72.3 Å². The minimum Gasteiger partial charge on any atom is -0.465 e. The molecular formula is C25H21ClF5N7O4. The summed E-state index contributed by atoms with van der Waals surface area (Å²) in [6.07, 6.45) is -4.69. The van der Waals surface area contributed by atoms with Crippen molar-refractivity contribution in [2.24, 2.45) is 18.9 Å². The van der Waals surface area contributed by atoms with Crippen LogP contribution in [0.25, 0.3) is 11.3 Å². The van der Waals surface area contributed by atoms with E-state index in [2.05, 4.69) is 20.7 Å². The monoisotopic (exact) mass is 613 g/mol. The largest absolute Gasteiger partial charge is 0.465 e. The Kier molecular flexibility index (Phi) is 6.25. The normalized spacial score (nSPS) is 23.8. The van der Waals surface area contributed by atoms with Crippen molar-refractivity contribution in [1.82, 2.24) is 29.5 Å². The van der Waals surface area contributed by atoms with Crippen molar-refractivity contribution in [3.63, 3.8) is 0 Å². The molecule has 3 amide bonds. The van der Waals surface area contributed by atoms with Gasteiger partial charge in [-0.15, -0.1) is 0 Å². The second-order valence-electron chi connectivity index (χ2n) is 10.5. The zero-order chi connectivity index (χ0) is 30.3. The van der Waals surface area contributed by atoms with Crippen molar-refractivity contribution >= 4 is 35.2 Å². The summed E-state index contributed by atoms with van der Waals surface area (Å²) in [4.78, 5) is 41.9. The Bertz CT molecular complexity index is 1630. The molecule has 3 N–H and O–H groups in total. The number of nitrogens with zero attached hydrogens (tertiary/aromatic N) is 5. The van der Waals surface area contributed by atoms with Gasteiger partial charge in [-0.2, -0.15) is 18.3 Å². The molecule has 6 rings (SSSR count). The highest BCUT2D eigenvalue weighted by molar-refractivity contribution is 6.34. The maximum atomic E-state index is 13.7. The van der Waals surface area contributed by atoms with E-state index in [4.69, 9.17) is 16.7 Å². The highest BCUT2D eigenvalue weighted by Crippen LogP contribution is 2.53. The van der Waals surface area contributed by atoms with Crippen molar-refractivity contribution in [3.05, 3.63) is 52.7 Å². The lowest BCUT2D eigenvalue weighted by atomic mass is 10.2. The number of likely N-dealkylation sites (tertiary alicyclic amines) is 1. The van der Waals surface area contributed by atoms with Crippen LogP contribution in [0.3, 0.4) is 0 Å². The highest BCUT2D eigenvalue weighted by Gasteiger charge is 2.60. The minimum atomic E-state index is -4.95. The number of halogens is 6. The smallest absolute Gasteiger partial charge is 0.435 e. The van der Waals surface area contributed by atoms with Crippen LogP contribution in [0.15, 0.2) is 30.6 Å².